The highest BCUT2D eigenvalue weighted by Crippen LogP contribution is 2.48. The zero-order valence-electron chi connectivity index (χ0n) is 15.5. The van der Waals surface area contributed by atoms with Crippen LogP contribution in [0.2, 0.25) is 0 Å². The number of anilines is 2. The van der Waals surface area contributed by atoms with E-state index in [1.807, 2.05) is 11.8 Å². The Morgan fingerprint density at radius 3 is 2.32 bits per heavy atom. The van der Waals surface area contributed by atoms with Crippen molar-refractivity contribution in [2.45, 2.75) is 11.7 Å². The lowest BCUT2D eigenvalue weighted by Crippen LogP contribution is -1.93. The van der Waals surface area contributed by atoms with E-state index >= 15 is 0 Å². The van der Waals surface area contributed by atoms with Crippen LogP contribution in [0.3, 0.4) is 0 Å². The predicted molar refractivity (Wildman–Crippen MR) is 123 cm³/mol. The fourth-order valence-electron chi connectivity index (χ4n) is 3.73. The van der Waals surface area contributed by atoms with Crippen LogP contribution < -0.4 is 5.32 Å². The van der Waals surface area contributed by atoms with E-state index in [1.54, 1.807) is 0 Å². The minimum absolute atomic E-state index is 0.502. The summed E-state index contributed by atoms with van der Waals surface area (Å²) in [6.07, 6.45) is 3.46. The van der Waals surface area contributed by atoms with Gasteiger partial charge in [0.2, 0.25) is 0 Å². The van der Waals surface area contributed by atoms with Crippen LogP contribution >= 0.6 is 11.8 Å². The molecule has 0 saturated heterocycles. The Kier molecular flexibility index (Phi) is 4.64. The average Bonchev–Trinajstić information content (AvgIpc) is 3.26. The number of benzene rings is 4. The summed E-state index contributed by atoms with van der Waals surface area (Å²) in [7, 11) is 0. The molecule has 0 amide bonds. The number of hydrogen-bond donors (Lipinski definition) is 1. The van der Waals surface area contributed by atoms with Gasteiger partial charge in [-0.25, -0.2) is 0 Å². The third kappa shape index (κ3) is 3.44. The largest absolute Gasteiger partial charge is 0.355 e. The number of thioether (sulfide) groups is 1. The molecular formula is C26H21NS. The van der Waals surface area contributed by atoms with E-state index in [2.05, 4.69) is 108 Å². The maximum Gasteiger partial charge on any atom is 0.0463 e. The summed E-state index contributed by atoms with van der Waals surface area (Å²) in [4.78, 5) is 1.39. The van der Waals surface area contributed by atoms with Crippen LogP contribution in [0.15, 0.2) is 103 Å². The molecule has 4 aromatic rings. The standard InChI is InChI=1S/C26H21NS/c1-2-8-20(9-3-1)25-17-18-26(28-25)21-13-15-22(16-14-21)27-24-12-6-10-19-7-4-5-11-23(19)24/h1-17,26-27H,18H2. The fraction of sp³-hybridized carbons (Fsp3) is 0.0769. The van der Waals surface area contributed by atoms with Gasteiger partial charge < -0.3 is 5.32 Å². The molecular weight excluding hydrogens is 358 g/mol. The van der Waals surface area contributed by atoms with Crippen molar-refractivity contribution in [1.82, 2.24) is 0 Å². The van der Waals surface area contributed by atoms with E-state index in [4.69, 9.17) is 0 Å². The van der Waals surface area contributed by atoms with Gasteiger partial charge in [0.1, 0.15) is 0 Å². The number of fused-ring (bicyclic) bond motifs is 1. The van der Waals surface area contributed by atoms with Gasteiger partial charge in [-0.3, -0.25) is 0 Å². The van der Waals surface area contributed by atoms with Gasteiger partial charge in [0.05, 0.1) is 0 Å². The van der Waals surface area contributed by atoms with Crippen molar-refractivity contribution in [3.05, 3.63) is 114 Å². The first-order valence-corrected chi connectivity index (χ1v) is 10.5. The van der Waals surface area contributed by atoms with Crippen molar-refractivity contribution < 1.29 is 0 Å². The molecule has 1 nitrogen and oxygen atoms in total. The number of rotatable bonds is 4. The van der Waals surface area contributed by atoms with E-state index < -0.39 is 0 Å². The van der Waals surface area contributed by atoms with E-state index in [1.165, 1.54) is 26.8 Å². The molecule has 1 aliphatic rings. The molecule has 0 bridgehead atoms. The van der Waals surface area contributed by atoms with Gasteiger partial charge in [0.15, 0.2) is 0 Å². The van der Waals surface area contributed by atoms with Crippen molar-refractivity contribution in [1.29, 1.82) is 0 Å². The summed E-state index contributed by atoms with van der Waals surface area (Å²) >= 11 is 1.97. The Bertz CT molecular complexity index is 1120. The second-order valence-corrected chi connectivity index (χ2v) is 8.29. The summed E-state index contributed by atoms with van der Waals surface area (Å²) in [5.74, 6) is 0. The minimum Gasteiger partial charge on any atom is -0.355 e. The quantitative estimate of drug-likeness (QED) is 0.388. The lowest BCUT2D eigenvalue weighted by atomic mass is 10.1. The summed E-state index contributed by atoms with van der Waals surface area (Å²) in [5, 5.41) is 6.58. The van der Waals surface area contributed by atoms with Gasteiger partial charge in [-0.15, -0.1) is 11.8 Å². The smallest absolute Gasteiger partial charge is 0.0463 e. The molecule has 5 rings (SSSR count). The van der Waals surface area contributed by atoms with Gasteiger partial charge in [-0.05, 0) is 41.1 Å². The van der Waals surface area contributed by atoms with Gasteiger partial charge in [0.25, 0.3) is 0 Å². The molecule has 0 aliphatic carbocycles. The number of nitrogens with one attached hydrogen (secondary N) is 1. The lowest BCUT2D eigenvalue weighted by Gasteiger charge is -2.13. The van der Waals surface area contributed by atoms with Crippen LogP contribution in [0.4, 0.5) is 11.4 Å². The van der Waals surface area contributed by atoms with Crippen molar-refractivity contribution >= 4 is 38.8 Å². The molecule has 136 valence electrons. The SMILES string of the molecule is C1=C(c2ccccc2)SC(c2ccc(Nc3cccc4ccccc34)cc2)C1. The van der Waals surface area contributed by atoms with Crippen LogP contribution in [0.25, 0.3) is 15.7 Å². The molecule has 0 aromatic heterocycles. The van der Waals surface area contributed by atoms with Crippen LogP contribution in [-0.2, 0) is 0 Å². The molecule has 2 heteroatoms. The molecule has 1 heterocycles. The van der Waals surface area contributed by atoms with Crippen LogP contribution in [0.1, 0.15) is 22.8 Å². The first kappa shape index (κ1) is 17.2. The monoisotopic (exact) mass is 379 g/mol. The zero-order chi connectivity index (χ0) is 18.8. The Balaban J connectivity index is 1.31. The maximum atomic E-state index is 3.58. The molecule has 0 fully saturated rings. The van der Waals surface area contributed by atoms with Gasteiger partial charge in [-0.1, -0.05) is 84.9 Å². The van der Waals surface area contributed by atoms with Gasteiger partial charge >= 0.3 is 0 Å². The number of hydrogen-bond acceptors (Lipinski definition) is 2. The van der Waals surface area contributed by atoms with Crippen molar-refractivity contribution in [3.8, 4) is 0 Å². The Morgan fingerprint density at radius 1 is 0.714 bits per heavy atom. The minimum atomic E-state index is 0.502. The second-order valence-electron chi connectivity index (χ2n) is 7.05. The third-order valence-corrected chi connectivity index (χ3v) is 6.60. The number of allylic oxidation sites excluding steroid dienone is 1. The molecule has 1 atom stereocenters. The second kappa shape index (κ2) is 7.57. The van der Waals surface area contributed by atoms with E-state index in [0.717, 1.165) is 17.8 Å². The molecule has 1 unspecified atom stereocenters. The normalized spacial score (nSPS) is 16.1. The van der Waals surface area contributed by atoms with Crippen molar-refractivity contribution in [3.63, 3.8) is 0 Å². The van der Waals surface area contributed by atoms with Gasteiger partial charge in [0, 0.05) is 26.9 Å². The maximum absolute atomic E-state index is 3.58. The zero-order valence-corrected chi connectivity index (χ0v) is 16.3. The molecule has 28 heavy (non-hydrogen) atoms. The van der Waals surface area contributed by atoms with Crippen LogP contribution in [0.5, 0.6) is 0 Å². The van der Waals surface area contributed by atoms with Crippen LogP contribution in [-0.4, -0.2) is 0 Å². The predicted octanol–water partition coefficient (Wildman–Crippen LogP) is 7.80. The van der Waals surface area contributed by atoms with Crippen molar-refractivity contribution in [2.24, 2.45) is 0 Å². The van der Waals surface area contributed by atoms with E-state index in [9.17, 15) is 0 Å². The Labute approximate surface area is 170 Å². The summed E-state index contributed by atoms with van der Waals surface area (Å²) < 4.78 is 0. The lowest BCUT2D eigenvalue weighted by molar-refractivity contribution is 0.991. The van der Waals surface area contributed by atoms with Crippen molar-refractivity contribution in [2.75, 3.05) is 5.32 Å². The molecule has 1 N–H and O–H groups in total. The van der Waals surface area contributed by atoms with E-state index in [0.29, 0.717) is 5.25 Å². The highest BCUT2D eigenvalue weighted by Gasteiger charge is 2.20. The third-order valence-electron chi connectivity index (χ3n) is 5.20. The van der Waals surface area contributed by atoms with Crippen LogP contribution in [0, 0.1) is 0 Å². The first-order valence-electron chi connectivity index (χ1n) is 9.64. The van der Waals surface area contributed by atoms with E-state index in [-0.39, 0.29) is 0 Å². The Morgan fingerprint density at radius 2 is 1.46 bits per heavy atom. The molecule has 1 aliphatic heterocycles. The highest BCUT2D eigenvalue weighted by molar-refractivity contribution is 8.08. The van der Waals surface area contributed by atoms with Gasteiger partial charge in [-0.2, -0.15) is 0 Å². The Hall–Kier alpha value is -2.97. The summed E-state index contributed by atoms with van der Waals surface area (Å²) in [6.45, 7) is 0. The molecule has 4 aromatic carbocycles. The summed E-state index contributed by atoms with van der Waals surface area (Å²) in [6, 6.07) is 34.5. The molecule has 0 saturated carbocycles. The fourth-order valence-corrected chi connectivity index (χ4v) is 4.98. The average molecular weight is 380 g/mol. The first-order chi connectivity index (χ1) is 13.9. The topological polar surface area (TPSA) is 12.0 Å². The molecule has 0 spiro atoms. The molecule has 0 radical (unpaired) electrons. The summed E-state index contributed by atoms with van der Waals surface area (Å²) in [5.41, 5.74) is 4.98. The highest BCUT2D eigenvalue weighted by atomic mass is 32.2.